The third-order valence-corrected chi connectivity index (χ3v) is 3.49. The third kappa shape index (κ3) is 3.66. The SMILES string of the molecule is C[C@H]([NH2+]C[C@H]1CCCO1)C(=O)N1CCOCC1. The first-order chi connectivity index (χ1) is 8.27. The maximum Gasteiger partial charge on any atom is 0.280 e. The number of amides is 1. The van der Waals surface area contributed by atoms with E-state index in [0.717, 1.165) is 39.1 Å². The van der Waals surface area contributed by atoms with Crippen LogP contribution in [0.25, 0.3) is 0 Å². The number of carbonyl (C=O) groups excluding carboxylic acids is 1. The lowest BCUT2D eigenvalue weighted by atomic mass is 10.2. The Labute approximate surface area is 102 Å². The fourth-order valence-electron chi connectivity index (χ4n) is 2.36. The van der Waals surface area contributed by atoms with Crippen molar-refractivity contribution in [3.8, 4) is 0 Å². The van der Waals surface area contributed by atoms with Gasteiger partial charge in [0.2, 0.25) is 0 Å². The molecule has 2 aliphatic heterocycles. The molecule has 0 aliphatic carbocycles. The smallest absolute Gasteiger partial charge is 0.280 e. The van der Waals surface area contributed by atoms with E-state index < -0.39 is 0 Å². The molecule has 2 fully saturated rings. The van der Waals surface area contributed by atoms with Crippen LogP contribution in [-0.4, -0.2) is 62.4 Å². The molecule has 2 rings (SSSR count). The quantitative estimate of drug-likeness (QED) is 0.687. The van der Waals surface area contributed by atoms with Crippen LogP contribution in [-0.2, 0) is 14.3 Å². The van der Waals surface area contributed by atoms with Gasteiger partial charge in [-0.25, -0.2) is 0 Å². The molecule has 2 heterocycles. The van der Waals surface area contributed by atoms with E-state index in [1.54, 1.807) is 0 Å². The molecule has 5 nitrogen and oxygen atoms in total. The van der Waals surface area contributed by atoms with Gasteiger partial charge in [-0.2, -0.15) is 0 Å². The Morgan fingerprint density at radius 2 is 2.18 bits per heavy atom. The molecule has 0 aromatic carbocycles. The minimum atomic E-state index is -0.00250. The second kappa shape index (κ2) is 6.33. The monoisotopic (exact) mass is 243 g/mol. The lowest BCUT2D eigenvalue weighted by Crippen LogP contribution is -2.93. The van der Waals surface area contributed by atoms with Crippen molar-refractivity contribution >= 4 is 5.91 Å². The van der Waals surface area contributed by atoms with E-state index in [1.165, 1.54) is 0 Å². The Kier molecular flexibility index (Phi) is 4.76. The van der Waals surface area contributed by atoms with Crippen LogP contribution in [0.2, 0.25) is 0 Å². The van der Waals surface area contributed by atoms with Crippen LogP contribution in [0, 0.1) is 0 Å². The van der Waals surface area contributed by atoms with Crippen molar-refractivity contribution in [3.63, 3.8) is 0 Å². The lowest BCUT2D eigenvalue weighted by molar-refractivity contribution is -0.679. The highest BCUT2D eigenvalue weighted by Gasteiger charge is 2.26. The summed E-state index contributed by atoms with van der Waals surface area (Å²) in [5.41, 5.74) is 0. The highest BCUT2D eigenvalue weighted by molar-refractivity contribution is 5.80. The highest BCUT2D eigenvalue weighted by Crippen LogP contribution is 2.09. The van der Waals surface area contributed by atoms with Crippen LogP contribution >= 0.6 is 0 Å². The van der Waals surface area contributed by atoms with Gasteiger partial charge in [-0.05, 0) is 19.8 Å². The molecule has 0 unspecified atom stereocenters. The van der Waals surface area contributed by atoms with E-state index in [2.05, 4.69) is 5.32 Å². The molecule has 5 heteroatoms. The van der Waals surface area contributed by atoms with Gasteiger partial charge in [0.05, 0.1) is 13.2 Å². The molecule has 2 atom stereocenters. The van der Waals surface area contributed by atoms with Crippen LogP contribution < -0.4 is 5.32 Å². The van der Waals surface area contributed by atoms with Gasteiger partial charge in [0.25, 0.3) is 5.91 Å². The van der Waals surface area contributed by atoms with E-state index >= 15 is 0 Å². The second-order valence-electron chi connectivity index (χ2n) is 4.83. The van der Waals surface area contributed by atoms with Crippen LogP contribution in [0.4, 0.5) is 0 Å². The predicted molar refractivity (Wildman–Crippen MR) is 62.6 cm³/mol. The third-order valence-electron chi connectivity index (χ3n) is 3.49. The lowest BCUT2D eigenvalue weighted by Gasteiger charge is -2.28. The van der Waals surface area contributed by atoms with Gasteiger partial charge in [0, 0.05) is 19.7 Å². The average Bonchev–Trinajstić information content (AvgIpc) is 2.89. The molecule has 0 bridgehead atoms. The summed E-state index contributed by atoms with van der Waals surface area (Å²) in [6.07, 6.45) is 2.63. The van der Waals surface area contributed by atoms with E-state index in [1.807, 2.05) is 11.8 Å². The summed E-state index contributed by atoms with van der Waals surface area (Å²) in [5, 5.41) is 2.10. The standard InChI is InChI=1S/C12H22N2O3/c1-10(13-9-11-3-2-6-17-11)12(15)14-4-7-16-8-5-14/h10-11,13H,2-9H2,1H3/p+1/t10-,11+/m0/s1. The van der Waals surface area contributed by atoms with Gasteiger partial charge in [0.1, 0.15) is 12.6 Å². The number of nitrogens with two attached hydrogens (primary N) is 1. The number of hydrogen-bond donors (Lipinski definition) is 1. The topological polar surface area (TPSA) is 55.4 Å². The molecule has 0 spiro atoms. The first-order valence-corrected chi connectivity index (χ1v) is 6.59. The van der Waals surface area contributed by atoms with Crippen molar-refractivity contribution in [2.75, 3.05) is 39.5 Å². The summed E-state index contributed by atoms with van der Waals surface area (Å²) in [7, 11) is 0. The zero-order valence-electron chi connectivity index (χ0n) is 10.6. The molecule has 2 N–H and O–H groups in total. The molecular weight excluding hydrogens is 220 g/mol. The summed E-state index contributed by atoms with van der Waals surface area (Å²) >= 11 is 0. The summed E-state index contributed by atoms with van der Waals surface area (Å²) in [6, 6.07) is -0.00250. The van der Waals surface area contributed by atoms with Gasteiger partial charge in [-0.3, -0.25) is 4.79 Å². The first-order valence-electron chi connectivity index (χ1n) is 6.59. The Hall–Kier alpha value is -0.650. The molecule has 0 aromatic heterocycles. The minimum Gasteiger partial charge on any atom is -0.378 e. The maximum absolute atomic E-state index is 12.1. The predicted octanol–water partition coefficient (Wildman–Crippen LogP) is -1.02. The Morgan fingerprint density at radius 3 is 2.82 bits per heavy atom. The number of rotatable bonds is 4. The maximum atomic E-state index is 12.1. The zero-order valence-corrected chi connectivity index (χ0v) is 10.6. The fourth-order valence-corrected chi connectivity index (χ4v) is 2.36. The molecule has 2 saturated heterocycles. The van der Waals surface area contributed by atoms with Crippen molar-refractivity contribution in [1.82, 2.24) is 4.90 Å². The molecule has 17 heavy (non-hydrogen) atoms. The van der Waals surface area contributed by atoms with Crippen molar-refractivity contribution in [1.29, 1.82) is 0 Å². The van der Waals surface area contributed by atoms with E-state index in [9.17, 15) is 4.79 Å². The number of morpholine rings is 1. The van der Waals surface area contributed by atoms with Crippen LogP contribution in [0.3, 0.4) is 0 Å². The zero-order chi connectivity index (χ0) is 12.1. The van der Waals surface area contributed by atoms with Crippen LogP contribution in [0.1, 0.15) is 19.8 Å². The summed E-state index contributed by atoms with van der Waals surface area (Å²) in [4.78, 5) is 14.0. The highest BCUT2D eigenvalue weighted by atomic mass is 16.5. The molecule has 1 amide bonds. The summed E-state index contributed by atoms with van der Waals surface area (Å²) in [6.45, 7) is 6.57. The van der Waals surface area contributed by atoms with Gasteiger partial charge < -0.3 is 19.7 Å². The Morgan fingerprint density at radius 1 is 1.41 bits per heavy atom. The molecule has 0 saturated carbocycles. The number of ether oxygens (including phenoxy) is 2. The van der Waals surface area contributed by atoms with Crippen molar-refractivity contribution < 1.29 is 19.6 Å². The normalized spacial score (nSPS) is 27.1. The number of nitrogens with zero attached hydrogens (tertiary/aromatic N) is 1. The van der Waals surface area contributed by atoms with Crippen LogP contribution in [0.5, 0.6) is 0 Å². The first kappa shape index (κ1) is 12.8. The molecule has 98 valence electrons. The van der Waals surface area contributed by atoms with Gasteiger partial charge in [-0.15, -0.1) is 0 Å². The summed E-state index contributed by atoms with van der Waals surface area (Å²) in [5.74, 6) is 0.228. The molecule has 0 radical (unpaired) electrons. The largest absolute Gasteiger partial charge is 0.378 e. The number of hydrogen-bond acceptors (Lipinski definition) is 3. The summed E-state index contributed by atoms with van der Waals surface area (Å²) < 4.78 is 10.8. The average molecular weight is 243 g/mol. The van der Waals surface area contributed by atoms with Crippen molar-refractivity contribution in [2.45, 2.75) is 31.9 Å². The van der Waals surface area contributed by atoms with Crippen molar-refractivity contribution in [2.24, 2.45) is 0 Å². The number of carbonyl (C=O) groups is 1. The second-order valence-corrected chi connectivity index (χ2v) is 4.83. The Bertz CT molecular complexity index is 248. The van der Waals surface area contributed by atoms with E-state index in [-0.39, 0.29) is 11.9 Å². The molecule has 2 aliphatic rings. The van der Waals surface area contributed by atoms with Gasteiger partial charge in [0.15, 0.2) is 6.04 Å². The van der Waals surface area contributed by atoms with E-state index in [0.29, 0.717) is 19.3 Å². The van der Waals surface area contributed by atoms with E-state index in [4.69, 9.17) is 9.47 Å². The fraction of sp³-hybridized carbons (Fsp3) is 0.917. The minimum absolute atomic E-state index is 0.00250. The Balaban J connectivity index is 1.70. The molecular formula is C12H23N2O3+. The number of quaternary nitrogens is 1. The molecule has 0 aromatic rings. The van der Waals surface area contributed by atoms with Crippen LogP contribution in [0.15, 0.2) is 0 Å². The van der Waals surface area contributed by atoms with Crippen molar-refractivity contribution in [3.05, 3.63) is 0 Å². The van der Waals surface area contributed by atoms with Gasteiger partial charge >= 0.3 is 0 Å². The van der Waals surface area contributed by atoms with Gasteiger partial charge in [-0.1, -0.05) is 0 Å².